The van der Waals surface area contributed by atoms with E-state index in [1.807, 2.05) is 6.92 Å². The molecule has 0 unspecified atom stereocenters. The van der Waals surface area contributed by atoms with Crippen molar-refractivity contribution in [1.29, 1.82) is 0 Å². The molecule has 0 aromatic heterocycles. The molecule has 17 heavy (non-hydrogen) atoms. The lowest BCUT2D eigenvalue weighted by Crippen LogP contribution is -2.14. The van der Waals surface area contributed by atoms with Crippen LogP contribution in [0.4, 0.5) is 13.2 Å². The Morgan fingerprint density at radius 2 is 1.65 bits per heavy atom. The number of benzene rings is 1. The number of hydrogen-bond acceptors (Lipinski definition) is 1. The minimum Gasteiger partial charge on any atom is -0.324 e. The van der Waals surface area contributed by atoms with Gasteiger partial charge in [-0.2, -0.15) is 0 Å². The third-order valence-corrected chi connectivity index (χ3v) is 2.53. The van der Waals surface area contributed by atoms with Crippen molar-refractivity contribution in [3.63, 3.8) is 0 Å². The van der Waals surface area contributed by atoms with Crippen LogP contribution in [0.3, 0.4) is 0 Å². The van der Waals surface area contributed by atoms with Crippen molar-refractivity contribution >= 4 is 12.4 Å². The molecule has 0 amide bonds. The summed E-state index contributed by atoms with van der Waals surface area (Å²) in [5, 5.41) is 0. The average molecular weight is 268 g/mol. The summed E-state index contributed by atoms with van der Waals surface area (Å²) in [4.78, 5) is 0. The Bertz CT molecular complexity index is 335. The summed E-state index contributed by atoms with van der Waals surface area (Å²) in [6.45, 7) is 2.03. The molecule has 1 aromatic carbocycles. The highest BCUT2D eigenvalue weighted by Crippen LogP contribution is 2.24. The second kappa shape index (κ2) is 7.56. The van der Waals surface area contributed by atoms with Crippen molar-refractivity contribution in [2.75, 3.05) is 0 Å². The summed E-state index contributed by atoms with van der Waals surface area (Å²) in [6.07, 6.45) is 3.31. The van der Waals surface area contributed by atoms with Crippen molar-refractivity contribution in [3.05, 3.63) is 35.1 Å². The van der Waals surface area contributed by atoms with E-state index in [0.717, 1.165) is 19.3 Å². The average Bonchev–Trinajstić information content (AvgIpc) is 2.16. The quantitative estimate of drug-likeness (QED) is 0.799. The highest BCUT2D eigenvalue weighted by atomic mass is 35.5. The Balaban J connectivity index is 0.00000256. The fourth-order valence-electron chi connectivity index (χ4n) is 1.67. The maximum Gasteiger partial charge on any atom is 0.133 e. The summed E-state index contributed by atoms with van der Waals surface area (Å²) in [7, 11) is 0. The zero-order valence-electron chi connectivity index (χ0n) is 9.68. The van der Waals surface area contributed by atoms with Gasteiger partial charge < -0.3 is 5.73 Å². The van der Waals surface area contributed by atoms with Gasteiger partial charge in [-0.3, -0.25) is 0 Å². The standard InChI is InChI=1S/C12H16F3N.ClH/c1-2-3-4-5-11(16)12-9(14)6-8(13)7-10(12)15;/h6-7,11H,2-5,16H2,1H3;1H/t11-;/m1./s1. The molecule has 0 aliphatic heterocycles. The molecule has 98 valence electrons. The molecule has 2 N–H and O–H groups in total. The fourth-order valence-corrected chi connectivity index (χ4v) is 1.67. The summed E-state index contributed by atoms with van der Waals surface area (Å²) < 4.78 is 39.3. The van der Waals surface area contributed by atoms with Crippen molar-refractivity contribution in [3.8, 4) is 0 Å². The van der Waals surface area contributed by atoms with Gasteiger partial charge in [-0.25, -0.2) is 13.2 Å². The first-order valence-corrected chi connectivity index (χ1v) is 5.46. The SMILES string of the molecule is CCCCC[C@@H](N)c1c(F)cc(F)cc1F.Cl. The molecule has 0 aliphatic rings. The maximum absolute atomic E-state index is 13.3. The van der Waals surface area contributed by atoms with E-state index in [1.54, 1.807) is 0 Å². The van der Waals surface area contributed by atoms with Gasteiger partial charge in [0.05, 0.1) is 0 Å². The van der Waals surface area contributed by atoms with Gasteiger partial charge in [0.25, 0.3) is 0 Å². The summed E-state index contributed by atoms with van der Waals surface area (Å²) in [6, 6.07) is 0.628. The number of unbranched alkanes of at least 4 members (excludes halogenated alkanes) is 2. The molecule has 5 heteroatoms. The number of nitrogens with two attached hydrogens (primary N) is 1. The van der Waals surface area contributed by atoms with Gasteiger partial charge >= 0.3 is 0 Å². The Hall–Kier alpha value is -0.740. The first-order chi connectivity index (χ1) is 7.56. The first-order valence-electron chi connectivity index (χ1n) is 5.46. The van der Waals surface area contributed by atoms with Gasteiger partial charge in [0, 0.05) is 23.7 Å². The minimum absolute atomic E-state index is 0. The van der Waals surface area contributed by atoms with Crippen LogP contribution in [0.25, 0.3) is 0 Å². The van der Waals surface area contributed by atoms with E-state index >= 15 is 0 Å². The molecule has 1 atom stereocenters. The van der Waals surface area contributed by atoms with Crippen LogP contribution in [0.15, 0.2) is 12.1 Å². The van der Waals surface area contributed by atoms with E-state index in [-0.39, 0.29) is 18.0 Å². The summed E-state index contributed by atoms with van der Waals surface area (Å²) >= 11 is 0. The van der Waals surface area contributed by atoms with Gasteiger partial charge in [-0.05, 0) is 6.42 Å². The topological polar surface area (TPSA) is 26.0 Å². The Morgan fingerprint density at radius 3 is 2.12 bits per heavy atom. The van der Waals surface area contributed by atoms with E-state index in [0.29, 0.717) is 18.6 Å². The molecule has 0 bridgehead atoms. The monoisotopic (exact) mass is 267 g/mol. The molecule has 0 saturated heterocycles. The molecule has 1 nitrogen and oxygen atoms in total. The molecule has 0 saturated carbocycles. The third kappa shape index (κ3) is 4.56. The molecule has 0 fully saturated rings. The normalized spacial score (nSPS) is 12.1. The Morgan fingerprint density at radius 1 is 1.12 bits per heavy atom. The highest BCUT2D eigenvalue weighted by Gasteiger charge is 2.17. The van der Waals surface area contributed by atoms with Crippen LogP contribution in [-0.2, 0) is 0 Å². The second-order valence-electron chi connectivity index (χ2n) is 3.89. The van der Waals surface area contributed by atoms with Crippen molar-refractivity contribution in [1.82, 2.24) is 0 Å². The smallest absolute Gasteiger partial charge is 0.133 e. The molecular weight excluding hydrogens is 251 g/mol. The second-order valence-corrected chi connectivity index (χ2v) is 3.89. The molecule has 0 aliphatic carbocycles. The van der Waals surface area contributed by atoms with Crippen molar-refractivity contribution < 1.29 is 13.2 Å². The van der Waals surface area contributed by atoms with Gasteiger partial charge in [-0.15, -0.1) is 12.4 Å². The maximum atomic E-state index is 13.3. The molecular formula is C12H17ClF3N. The van der Waals surface area contributed by atoms with E-state index in [1.165, 1.54) is 0 Å². The minimum atomic E-state index is -0.917. The lowest BCUT2D eigenvalue weighted by Gasteiger charge is -2.13. The predicted octanol–water partition coefficient (Wildman–Crippen LogP) is 4.11. The number of rotatable bonds is 5. The highest BCUT2D eigenvalue weighted by molar-refractivity contribution is 5.85. The van der Waals surface area contributed by atoms with Gasteiger partial charge in [0.15, 0.2) is 0 Å². The number of halogens is 4. The predicted molar refractivity (Wildman–Crippen MR) is 64.6 cm³/mol. The zero-order valence-corrected chi connectivity index (χ0v) is 10.5. The fraction of sp³-hybridized carbons (Fsp3) is 0.500. The van der Waals surface area contributed by atoms with Crippen molar-refractivity contribution in [2.45, 2.75) is 38.6 Å². The van der Waals surface area contributed by atoms with Crippen LogP contribution < -0.4 is 5.73 Å². The lowest BCUT2D eigenvalue weighted by atomic mass is 10.00. The third-order valence-electron chi connectivity index (χ3n) is 2.53. The van der Waals surface area contributed by atoms with Crippen LogP contribution in [0.1, 0.15) is 44.2 Å². The lowest BCUT2D eigenvalue weighted by molar-refractivity contribution is 0.483. The van der Waals surface area contributed by atoms with Crippen LogP contribution in [0, 0.1) is 17.5 Å². The van der Waals surface area contributed by atoms with Gasteiger partial charge in [0.2, 0.25) is 0 Å². The molecule has 0 radical (unpaired) electrons. The van der Waals surface area contributed by atoms with E-state index < -0.39 is 23.5 Å². The van der Waals surface area contributed by atoms with Crippen LogP contribution >= 0.6 is 12.4 Å². The van der Waals surface area contributed by atoms with E-state index in [4.69, 9.17) is 5.73 Å². The van der Waals surface area contributed by atoms with Gasteiger partial charge in [-0.1, -0.05) is 26.2 Å². The van der Waals surface area contributed by atoms with Crippen LogP contribution in [0.2, 0.25) is 0 Å². The van der Waals surface area contributed by atoms with Crippen molar-refractivity contribution in [2.24, 2.45) is 5.73 Å². The zero-order chi connectivity index (χ0) is 12.1. The Labute approximate surface area is 106 Å². The molecule has 1 rings (SSSR count). The summed E-state index contributed by atoms with van der Waals surface area (Å²) in [5.74, 6) is -2.72. The van der Waals surface area contributed by atoms with Gasteiger partial charge in [0.1, 0.15) is 17.5 Å². The molecule has 1 aromatic rings. The van der Waals surface area contributed by atoms with Crippen LogP contribution in [0.5, 0.6) is 0 Å². The Kier molecular flexibility index (Phi) is 7.23. The largest absolute Gasteiger partial charge is 0.324 e. The van der Waals surface area contributed by atoms with E-state index in [9.17, 15) is 13.2 Å². The van der Waals surface area contributed by atoms with Crippen LogP contribution in [-0.4, -0.2) is 0 Å². The number of hydrogen-bond donors (Lipinski definition) is 1. The molecule has 0 heterocycles. The summed E-state index contributed by atoms with van der Waals surface area (Å²) in [5.41, 5.74) is 5.47. The van der Waals surface area contributed by atoms with E-state index in [2.05, 4.69) is 0 Å². The first kappa shape index (κ1) is 16.3. The molecule has 0 spiro atoms.